The van der Waals surface area contributed by atoms with Crippen LogP contribution in [0.4, 0.5) is 0 Å². The van der Waals surface area contributed by atoms with Crippen molar-refractivity contribution in [1.82, 2.24) is 0 Å². The Morgan fingerprint density at radius 3 is 1.88 bits per heavy atom. The lowest BCUT2D eigenvalue weighted by Crippen LogP contribution is -2.19. The number of hydrogen-bond donors (Lipinski definition) is 0. The molecule has 0 aromatic heterocycles. The molecule has 24 heavy (non-hydrogen) atoms. The van der Waals surface area contributed by atoms with Crippen molar-refractivity contribution in [2.75, 3.05) is 0 Å². The van der Waals surface area contributed by atoms with E-state index in [9.17, 15) is 16.8 Å². The third kappa shape index (κ3) is 5.62. The zero-order valence-electron chi connectivity index (χ0n) is 12.9. The number of hydrogen-bond acceptors (Lipinski definition) is 4. The summed E-state index contributed by atoms with van der Waals surface area (Å²) in [6, 6.07) is 12.3. The maximum atomic E-state index is 11.0. The fraction of sp³-hybridized carbons (Fsp3) is 0.375. The van der Waals surface area contributed by atoms with Gasteiger partial charge in [-0.05, 0) is 35.7 Å². The fourth-order valence-electron chi connectivity index (χ4n) is 2.67. The van der Waals surface area contributed by atoms with Gasteiger partial charge in [-0.2, -0.15) is 0 Å². The van der Waals surface area contributed by atoms with E-state index in [1.807, 2.05) is 24.3 Å². The summed E-state index contributed by atoms with van der Waals surface area (Å²) in [6.45, 7) is 0. The first-order valence-electron chi connectivity index (χ1n) is 7.55. The summed E-state index contributed by atoms with van der Waals surface area (Å²) in [5, 5.41) is 1.61. The number of fused-ring (bicyclic) bond motifs is 1. The summed E-state index contributed by atoms with van der Waals surface area (Å²) < 4.78 is 43.6. The summed E-state index contributed by atoms with van der Waals surface area (Å²) in [5.41, 5.74) is 0. The minimum atomic E-state index is -3.62. The summed E-state index contributed by atoms with van der Waals surface area (Å²) >= 11 is 0. The topological polar surface area (TPSA) is 68.3 Å². The van der Waals surface area contributed by atoms with Crippen LogP contribution in [0.1, 0.15) is 32.1 Å². The lowest BCUT2D eigenvalue weighted by Gasteiger charge is -2.17. The van der Waals surface area contributed by atoms with Gasteiger partial charge < -0.3 is 0 Å². The smallest absolute Gasteiger partial charge is 0.212 e. The predicted molar refractivity (Wildman–Crippen MR) is 98.6 cm³/mol. The summed E-state index contributed by atoms with van der Waals surface area (Å²) in [6.07, 6.45) is 4.69. The minimum Gasteiger partial charge on any atom is -0.212 e. The molecule has 8 heteroatoms. The Morgan fingerprint density at radius 1 is 0.792 bits per heavy atom. The van der Waals surface area contributed by atoms with Gasteiger partial charge >= 0.3 is 0 Å². The van der Waals surface area contributed by atoms with Crippen LogP contribution in [-0.4, -0.2) is 22.1 Å². The van der Waals surface area contributed by atoms with Crippen LogP contribution in [0.2, 0.25) is 0 Å². The van der Waals surface area contributed by atoms with Gasteiger partial charge in [0.05, 0.1) is 10.1 Å². The van der Waals surface area contributed by atoms with E-state index in [2.05, 4.69) is 0 Å². The Labute approximate surface area is 151 Å². The molecule has 0 N–H and O–H groups in total. The highest BCUT2D eigenvalue weighted by atomic mass is 35.7. The van der Waals surface area contributed by atoms with Gasteiger partial charge in [-0.3, -0.25) is 0 Å². The molecule has 3 rings (SSSR count). The monoisotopic (exact) mass is 408 g/mol. The molecule has 0 unspecified atom stereocenters. The molecule has 0 spiro atoms. The summed E-state index contributed by atoms with van der Waals surface area (Å²) in [5.74, 6) is 0. The zero-order valence-corrected chi connectivity index (χ0v) is 16.0. The van der Waals surface area contributed by atoms with E-state index in [1.54, 1.807) is 12.1 Å². The fourth-order valence-corrected chi connectivity index (χ4v) is 4.88. The van der Waals surface area contributed by atoms with E-state index in [4.69, 9.17) is 21.4 Å². The minimum absolute atomic E-state index is 0.137. The molecular formula is C16H18Cl2O4S2. The number of halogens is 2. The molecule has 0 aliphatic heterocycles. The van der Waals surface area contributed by atoms with Crippen molar-refractivity contribution in [2.24, 2.45) is 0 Å². The molecule has 4 nitrogen and oxygen atoms in total. The standard InChI is InChI=1S/C10H7ClO2S.C6H11ClO2S/c11-14(12,13)10-6-5-8-3-1-2-4-9(8)7-10;7-10(8,9)6-4-2-1-3-5-6/h1-7H;6H,1-5H2. The van der Waals surface area contributed by atoms with Gasteiger partial charge in [0, 0.05) is 21.4 Å². The van der Waals surface area contributed by atoms with E-state index in [0.717, 1.165) is 42.9 Å². The number of benzene rings is 2. The largest absolute Gasteiger partial charge is 0.261 e. The SMILES string of the molecule is O=S(=O)(Cl)C1CCCCC1.O=S(=O)(Cl)c1ccc2ccccc2c1. The second-order valence-electron chi connectivity index (χ2n) is 5.68. The van der Waals surface area contributed by atoms with Crippen molar-refractivity contribution < 1.29 is 16.8 Å². The van der Waals surface area contributed by atoms with E-state index in [1.165, 1.54) is 6.07 Å². The highest BCUT2D eigenvalue weighted by Crippen LogP contribution is 2.25. The van der Waals surface area contributed by atoms with Crippen LogP contribution in [-0.2, 0) is 18.1 Å². The quantitative estimate of drug-likeness (QED) is 0.677. The maximum Gasteiger partial charge on any atom is 0.261 e. The van der Waals surface area contributed by atoms with Crippen LogP contribution in [0.3, 0.4) is 0 Å². The first-order chi connectivity index (χ1) is 11.2. The molecule has 1 fully saturated rings. The molecular weight excluding hydrogens is 391 g/mol. The van der Waals surface area contributed by atoms with Gasteiger partial charge in [0.1, 0.15) is 0 Å². The maximum absolute atomic E-state index is 11.0. The molecule has 1 aliphatic carbocycles. The first kappa shape index (κ1) is 19.5. The number of rotatable bonds is 2. The van der Waals surface area contributed by atoms with E-state index in [-0.39, 0.29) is 10.1 Å². The lowest BCUT2D eigenvalue weighted by atomic mass is 10.0. The molecule has 132 valence electrons. The van der Waals surface area contributed by atoms with Crippen molar-refractivity contribution in [3.63, 3.8) is 0 Å². The molecule has 1 saturated carbocycles. The normalized spacial score (nSPS) is 16.4. The van der Waals surface area contributed by atoms with E-state index in [0.29, 0.717) is 0 Å². The Hall–Kier alpha value is -0.820. The Balaban J connectivity index is 0.000000185. The molecule has 0 bridgehead atoms. The predicted octanol–water partition coefficient (Wildman–Crippen LogP) is 4.66. The van der Waals surface area contributed by atoms with Crippen LogP contribution in [0.5, 0.6) is 0 Å². The van der Waals surface area contributed by atoms with Gasteiger partial charge in [-0.25, -0.2) is 16.8 Å². The molecule has 0 atom stereocenters. The van der Waals surface area contributed by atoms with Gasteiger partial charge in [0.2, 0.25) is 9.05 Å². The van der Waals surface area contributed by atoms with Crippen LogP contribution >= 0.6 is 21.4 Å². The average Bonchev–Trinajstić information content (AvgIpc) is 2.54. The van der Waals surface area contributed by atoms with Gasteiger partial charge in [-0.1, -0.05) is 49.6 Å². The Morgan fingerprint density at radius 2 is 1.38 bits per heavy atom. The van der Waals surface area contributed by atoms with Crippen molar-refractivity contribution in [3.8, 4) is 0 Å². The lowest BCUT2D eigenvalue weighted by molar-refractivity contribution is 0.490. The van der Waals surface area contributed by atoms with Crippen LogP contribution < -0.4 is 0 Å². The second kappa shape index (κ2) is 8.04. The molecule has 1 aliphatic rings. The Bertz CT molecular complexity index is 903. The molecule has 2 aromatic carbocycles. The molecule has 0 heterocycles. The second-order valence-corrected chi connectivity index (χ2v) is 11.2. The van der Waals surface area contributed by atoms with Crippen LogP contribution in [0.15, 0.2) is 47.4 Å². The highest BCUT2D eigenvalue weighted by Gasteiger charge is 2.24. The van der Waals surface area contributed by atoms with Crippen LogP contribution in [0, 0.1) is 0 Å². The highest BCUT2D eigenvalue weighted by molar-refractivity contribution is 8.14. The van der Waals surface area contributed by atoms with E-state index >= 15 is 0 Å². The Kier molecular flexibility index (Phi) is 6.53. The third-order valence-electron chi connectivity index (χ3n) is 3.95. The average molecular weight is 409 g/mol. The van der Waals surface area contributed by atoms with Crippen LogP contribution in [0.25, 0.3) is 10.8 Å². The zero-order chi connectivity index (χ0) is 17.8. The summed E-state index contributed by atoms with van der Waals surface area (Å²) in [7, 11) is 3.54. The third-order valence-corrected chi connectivity index (χ3v) is 7.33. The van der Waals surface area contributed by atoms with Crippen molar-refractivity contribution in [1.29, 1.82) is 0 Å². The van der Waals surface area contributed by atoms with Gasteiger partial charge in [0.15, 0.2) is 0 Å². The van der Waals surface area contributed by atoms with Gasteiger partial charge in [0.25, 0.3) is 9.05 Å². The van der Waals surface area contributed by atoms with Gasteiger partial charge in [-0.15, -0.1) is 0 Å². The molecule has 0 amide bonds. The van der Waals surface area contributed by atoms with Crippen molar-refractivity contribution >= 4 is 50.2 Å². The summed E-state index contributed by atoms with van der Waals surface area (Å²) in [4.78, 5) is 0.137. The molecule has 0 radical (unpaired) electrons. The molecule has 0 saturated heterocycles. The van der Waals surface area contributed by atoms with Crippen molar-refractivity contribution in [2.45, 2.75) is 42.2 Å². The van der Waals surface area contributed by atoms with E-state index < -0.39 is 18.1 Å². The molecule has 2 aromatic rings. The first-order valence-corrected chi connectivity index (χ1v) is 12.2. The van der Waals surface area contributed by atoms with Crippen molar-refractivity contribution in [3.05, 3.63) is 42.5 Å².